The van der Waals surface area contributed by atoms with Crippen molar-refractivity contribution >= 4 is 27.8 Å². The van der Waals surface area contributed by atoms with Gasteiger partial charge in [-0.2, -0.15) is 0 Å². The van der Waals surface area contributed by atoms with Gasteiger partial charge in [-0.25, -0.2) is 4.98 Å². The summed E-state index contributed by atoms with van der Waals surface area (Å²) in [5.41, 5.74) is 1.04. The molecular formula is C12H12N4OS2. The van der Waals surface area contributed by atoms with Crippen molar-refractivity contribution in [3.8, 4) is 20.7 Å². The SMILES string of the molecule is CCc1nc(-c2ccco2)sc1-c1nnc(NC)s1. The highest BCUT2D eigenvalue weighted by molar-refractivity contribution is 7.24. The van der Waals surface area contributed by atoms with Crippen LogP contribution in [0.25, 0.3) is 20.7 Å². The van der Waals surface area contributed by atoms with E-state index in [1.165, 1.54) is 11.3 Å². The fraction of sp³-hybridized carbons (Fsp3) is 0.250. The minimum Gasteiger partial charge on any atom is -0.462 e. The summed E-state index contributed by atoms with van der Waals surface area (Å²) >= 11 is 3.13. The molecule has 0 aromatic carbocycles. The van der Waals surface area contributed by atoms with Crippen molar-refractivity contribution in [3.63, 3.8) is 0 Å². The summed E-state index contributed by atoms with van der Waals surface area (Å²) in [6.45, 7) is 2.09. The normalized spacial score (nSPS) is 10.8. The predicted molar refractivity (Wildman–Crippen MR) is 77.6 cm³/mol. The first kappa shape index (κ1) is 12.3. The number of nitrogens with one attached hydrogen (secondary N) is 1. The van der Waals surface area contributed by atoms with E-state index < -0.39 is 0 Å². The first-order valence-electron chi connectivity index (χ1n) is 5.87. The zero-order chi connectivity index (χ0) is 13.2. The van der Waals surface area contributed by atoms with Crippen molar-refractivity contribution in [1.82, 2.24) is 15.2 Å². The summed E-state index contributed by atoms with van der Waals surface area (Å²) in [5.74, 6) is 0.796. The maximum Gasteiger partial charge on any atom is 0.205 e. The Labute approximate surface area is 118 Å². The number of anilines is 1. The molecule has 0 saturated heterocycles. The Balaban J connectivity index is 2.05. The fourth-order valence-corrected chi connectivity index (χ4v) is 3.59. The molecule has 3 heterocycles. The van der Waals surface area contributed by atoms with Crippen LogP contribution in [0.4, 0.5) is 5.13 Å². The molecular weight excluding hydrogens is 280 g/mol. The van der Waals surface area contributed by atoms with Crippen LogP contribution < -0.4 is 5.32 Å². The third-order valence-electron chi connectivity index (χ3n) is 2.60. The molecule has 0 bridgehead atoms. The predicted octanol–water partition coefficient (Wildman–Crippen LogP) is 3.53. The van der Waals surface area contributed by atoms with Crippen molar-refractivity contribution in [2.75, 3.05) is 12.4 Å². The van der Waals surface area contributed by atoms with Gasteiger partial charge in [0, 0.05) is 7.05 Å². The fourth-order valence-electron chi connectivity index (χ4n) is 1.68. The summed E-state index contributed by atoms with van der Waals surface area (Å²) in [7, 11) is 1.84. The summed E-state index contributed by atoms with van der Waals surface area (Å²) in [6.07, 6.45) is 2.52. The first-order chi connectivity index (χ1) is 9.31. The Morgan fingerprint density at radius 1 is 1.26 bits per heavy atom. The number of aromatic nitrogens is 3. The minimum atomic E-state index is 0.796. The smallest absolute Gasteiger partial charge is 0.205 e. The van der Waals surface area contributed by atoms with Crippen LogP contribution in [0.15, 0.2) is 22.8 Å². The lowest BCUT2D eigenvalue weighted by molar-refractivity contribution is 0.581. The van der Waals surface area contributed by atoms with Gasteiger partial charge in [0.15, 0.2) is 15.8 Å². The molecule has 3 aromatic heterocycles. The molecule has 0 amide bonds. The largest absolute Gasteiger partial charge is 0.462 e. The minimum absolute atomic E-state index is 0.796. The highest BCUT2D eigenvalue weighted by atomic mass is 32.1. The van der Waals surface area contributed by atoms with Crippen LogP contribution in [0.2, 0.25) is 0 Å². The number of hydrogen-bond acceptors (Lipinski definition) is 7. The lowest BCUT2D eigenvalue weighted by atomic mass is 10.3. The van der Waals surface area contributed by atoms with Crippen LogP contribution in [0.1, 0.15) is 12.6 Å². The van der Waals surface area contributed by atoms with Gasteiger partial charge in [-0.15, -0.1) is 21.5 Å². The Kier molecular flexibility index (Phi) is 3.31. The second-order valence-electron chi connectivity index (χ2n) is 3.79. The average Bonchev–Trinajstić information content (AvgIpc) is 3.16. The van der Waals surface area contributed by atoms with Gasteiger partial charge < -0.3 is 9.73 Å². The molecule has 0 aliphatic heterocycles. The van der Waals surface area contributed by atoms with Crippen molar-refractivity contribution in [2.24, 2.45) is 0 Å². The highest BCUT2D eigenvalue weighted by Crippen LogP contribution is 2.37. The number of furan rings is 1. The van der Waals surface area contributed by atoms with Crippen LogP contribution in [0.5, 0.6) is 0 Å². The van der Waals surface area contributed by atoms with Crippen molar-refractivity contribution in [2.45, 2.75) is 13.3 Å². The van der Waals surface area contributed by atoms with Gasteiger partial charge in [0.2, 0.25) is 5.13 Å². The molecule has 7 heteroatoms. The van der Waals surface area contributed by atoms with Gasteiger partial charge in [0.1, 0.15) is 0 Å². The monoisotopic (exact) mass is 292 g/mol. The molecule has 0 unspecified atom stereocenters. The number of thiazole rings is 1. The van der Waals surface area contributed by atoms with Crippen molar-refractivity contribution < 1.29 is 4.42 Å². The van der Waals surface area contributed by atoms with E-state index in [4.69, 9.17) is 4.42 Å². The Bertz CT molecular complexity index is 672. The zero-order valence-corrected chi connectivity index (χ0v) is 12.1. The summed E-state index contributed by atoms with van der Waals surface area (Å²) < 4.78 is 5.40. The van der Waals surface area contributed by atoms with Crippen LogP contribution >= 0.6 is 22.7 Å². The van der Waals surface area contributed by atoms with E-state index in [1.54, 1.807) is 17.6 Å². The number of rotatable bonds is 4. The van der Waals surface area contributed by atoms with E-state index in [2.05, 4.69) is 27.4 Å². The maximum atomic E-state index is 5.40. The van der Waals surface area contributed by atoms with Crippen molar-refractivity contribution in [3.05, 3.63) is 24.1 Å². The zero-order valence-electron chi connectivity index (χ0n) is 10.5. The molecule has 0 atom stereocenters. The Morgan fingerprint density at radius 2 is 2.16 bits per heavy atom. The van der Waals surface area contributed by atoms with Gasteiger partial charge >= 0.3 is 0 Å². The van der Waals surface area contributed by atoms with Gasteiger partial charge in [0.05, 0.1) is 16.8 Å². The van der Waals surface area contributed by atoms with Gasteiger partial charge in [-0.1, -0.05) is 18.3 Å². The van der Waals surface area contributed by atoms with E-state index in [0.29, 0.717) is 0 Å². The van der Waals surface area contributed by atoms with Crippen LogP contribution in [0.3, 0.4) is 0 Å². The van der Waals surface area contributed by atoms with E-state index in [9.17, 15) is 0 Å². The lowest BCUT2D eigenvalue weighted by Crippen LogP contribution is -1.85. The molecule has 0 saturated carbocycles. The summed E-state index contributed by atoms with van der Waals surface area (Å²) in [6, 6.07) is 3.78. The van der Waals surface area contributed by atoms with Crippen LogP contribution in [-0.2, 0) is 6.42 Å². The molecule has 0 radical (unpaired) electrons. The topological polar surface area (TPSA) is 63.8 Å². The molecule has 5 nitrogen and oxygen atoms in total. The molecule has 1 N–H and O–H groups in total. The van der Waals surface area contributed by atoms with Gasteiger partial charge in [-0.05, 0) is 18.6 Å². The van der Waals surface area contributed by atoms with E-state index >= 15 is 0 Å². The van der Waals surface area contributed by atoms with E-state index in [0.717, 1.165) is 37.9 Å². The van der Waals surface area contributed by atoms with Crippen molar-refractivity contribution in [1.29, 1.82) is 0 Å². The quantitative estimate of drug-likeness (QED) is 0.797. The molecule has 98 valence electrons. The molecule has 19 heavy (non-hydrogen) atoms. The van der Waals surface area contributed by atoms with E-state index in [1.807, 2.05) is 19.2 Å². The van der Waals surface area contributed by atoms with Gasteiger partial charge in [0.25, 0.3) is 0 Å². The Morgan fingerprint density at radius 3 is 2.79 bits per heavy atom. The average molecular weight is 292 g/mol. The maximum absolute atomic E-state index is 5.40. The second-order valence-corrected chi connectivity index (χ2v) is 5.76. The number of nitrogens with zero attached hydrogens (tertiary/aromatic N) is 3. The van der Waals surface area contributed by atoms with E-state index in [-0.39, 0.29) is 0 Å². The highest BCUT2D eigenvalue weighted by Gasteiger charge is 2.17. The first-order valence-corrected chi connectivity index (χ1v) is 7.50. The summed E-state index contributed by atoms with van der Waals surface area (Å²) in [5, 5.41) is 13.9. The molecule has 0 spiro atoms. The number of hydrogen-bond donors (Lipinski definition) is 1. The van der Waals surface area contributed by atoms with Crippen LogP contribution in [0, 0.1) is 0 Å². The molecule has 0 aliphatic rings. The van der Waals surface area contributed by atoms with Crippen LogP contribution in [-0.4, -0.2) is 22.2 Å². The lowest BCUT2D eigenvalue weighted by Gasteiger charge is -1.92. The third-order valence-corrected chi connectivity index (χ3v) is 4.80. The van der Waals surface area contributed by atoms with Gasteiger partial charge in [-0.3, -0.25) is 0 Å². The molecule has 0 fully saturated rings. The standard InChI is InChI=1S/C12H12N4OS2/c1-3-7-9(11-15-16-12(13-2)19-11)18-10(14-7)8-5-4-6-17-8/h4-6H,3H2,1-2H3,(H,13,16). The molecule has 3 aromatic rings. The Hall–Kier alpha value is -1.73. The number of aryl methyl sites for hydroxylation is 1. The second kappa shape index (κ2) is 5.10. The molecule has 0 aliphatic carbocycles. The molecule has 3 rings (SSSR count). The summed E-state index contributed by atoms with van der Waals surface area (Å²) in [4.78, 5) is 5.70. The third kappa shape index (κ3) is 2.26.